The van der Waals surface area contributed by atoms with Crippen LogP contribution in [0.2, 0.25) is 0 Å². The average Bonchev–Trinajstić information content (AvgIpc) is 3.42. The summed E-state index contributed by atoms with van der Waals surface area (Å²) in [6, 6.07) is 16.8. The van der Waals surface area contributed by atoms with Gasteiger partial charge in [0.25, 0.3) is 0 Å². The van der Waals surface area contributed by atoms with Crippen LogP contribution in [0, 0.1) is 11.8 Å². The standard InChI is InChI=1S/C31H39N5O2S/c1-3-27(32-2)30(20-37)39-22-36-18-15-25(16-19-36)24(14-17-33-21-38)11-8-23-9-12-26(13-10-23)31-34-28-6-4-5-7-29(28)35-31/h4-7,9-10,12-13,20-21,24-25H,2-3,8,11,14-19,22H2,1H3,(H,33,38)(H,34,35)/b30-27-. The molecule has 2 N–H and O–H groups in total. The highest BCUT2D eigenvalue weighted by atomic mass is 32.2. The molecule has 3 aromatic rings. The van der Waals surface area contributed by atoms with Gasteiger partial charge in [0, 0.05) is 18.0 Å². The van der Waals surface area contributed by atoms with Crippen LogP contribution >= 0.6 is 11.8 Å². The highest BCUT2D eigenvalue weighted by Crippen LogP contribution is 2.32. The van der Waals surface area contributed by atoms with Crippen molar-refractivity contribution in [1.82, 2.24) is 20.2 Å². The molecule has 206 valence electrons. The fraction of sp³-hybridized carbons (Fsp3) is 0.419. The third-order valence-corrected chi connectivity index (χ3v) is 8.92. The summed E-state index contributed by atoms with van der Waals surface area (Å²) >= 11 is 1.57. The van der Waals surface area contributed by atoms with E-state index in [0.717, 1.165) is 98.4 Å². The molecule has 0 radical (unpaired) electrons. The molecule has 1 aromatic heterocycles. The number of aliphatic imine (C=N–C) groups is 1. The van der Waals surface area contributed by atoms with Gasteiger partial charge < -0.3 is 10.3 Å². The average molecular weight is 546 g/mol. The van der Waals surface area contributed by atoms with E-state index in [1.54, 1.807) is 11.8 Å². The summed E-state index contributed by atoms with van der Waals surface area (Å²) in [4.78, 5) is 37.6. The Kier molecular flexibility index (Phi) is 10.9. The molecule has 1 amide bonds. The molecule has 4 rings (SSSR count). The van der Waals surface area contributed by atoms with Crippen LogP contribution in [0.25, 0.3) is 22.4 Å². The number of imidazole rings is 1. The maximum absolute atomic E-state index is 11.5. The number of aldehydes is 1. The lowest BCUT2D eigenvalue weighted by atomic mass is 9.79. The molecule has 0 bridgehead atoms. The number of piperidine rings is 1. The number of fused-ring (bicyclic) bond motifs is 1. The summed E-state index contributed by atoms with van der Waals surface area (Å²) in [5.74, 6) is 2.89. The van der Waals surface area contributed by atoms with Crippen molar-refractivity contribution in [2.24, 2.45) is 16.8 Å². The molecule has 0 spiro atoms. The van der Waals surface area contributed by atoms with Crippen LogP contribution in [0.15, 0.2) is 64.1 Å². The quantitative estimate of drug-likeness (QED) is 0.108. The second-order valence-electron chi connectivity index (χ2n) is 10.1. The molecule has 1 aliphatic heterocycles. The smallest absolute Gasteiger partial charge is 0.207 e. The summed E-state index contributed by atoms with van der Waals surface area (Å²) < 4.78 is 0. The van der Waals surface area contributed by atoms with Gasteiger partial charge in [-0.05, 0) is 87.9 Å². The zero-order valence-corrected chi connectivity index (χ0v) is 23.6. The van der Waals surface area contributed by atoms with Gasteiger partial charge in [-0.25, -0.2) is 4.98 Å². The SMILES string of the molecule is C=N/C(CC)=C(/C=O)SCN1CCC(C(CCNC=O)CCc2ccc(-c3nc4ccccc4[nH]3)cc2)CC1. The molecular formula is C31H39N5O2S. The number of amides is 1. The van der Waals surface area contributed by atoms with Gasteiger partial charge >= 0.3 is 0 Å². The van der Waals surface area contributed by atoms with Crippen LogP contribution in [-0.4, -0.2) is 59.8 Å². The Morgan fingerprint density at radius 2 is 1.95 bits per heavy atom. The number of benzene rings is 2. The highest BCUT2D eigenvalue weighted by molar-refractivity contribution is 8.03. The number of rotatable bonds is 15. The topological polar surface area (TPSA) is 90.4 Å². The normalized spacial score (nSPS) is 16.0. The Morgan fingerprint density at radius 3 is 2.62 bits per heavy atom. The molecule has 2 heterocycles. The number of hydrogen-bond acceptors (Lipinski definition) is 6. The summed E-state index contributed by atoms with van der Waals surface area (Å²) in [7, 11) is 0. The van der Waals surface area contributed by atoms with E-state index in [9.17, 15) is 9.59 Å². The van der Waals surface area contributed by atoms with Crippen LogP contribution in [0.4, 0.5) is 0 Å². The van der Waals surface area contributed by atoms with E-state index >= 15 is 0 Å². The van der Waals surface area contributed by atoms with E-state index < -0.39 is 0 Å². The second kappa shape index (κ2) is 14.8. The number of thioether (sulfide) groups is 1. The van der Waals surface area contributed by atoms with Gasteiger partial charge in [-0.2, -0.15) is 0 Å². The summed E-state index contributed by atoms with van der Waals surface area (Å²) in [6.07, 6.45) is 7.81. The Labute approximate surface area is 235 Å². The minimum atomic E-state index is 0.560. The van der Waals surface area contributed by atoms with Crippen molar-refractivity contribution in [1.29, 1.82) is 0 Å². The van der Waals surface area contributed by atoms with E-state index in [1.807, 2.05) is 31.2 Å². The first-order valence-electron chi connectivity index (χ1n) is 13.9. The molecule has 8 heteroatoms. The van der Waals surface area contributed by atoms with Crippen molar-refractivity contribution in [3.05, 3.63) is 64.7 Å². The van der Waals surface area contributed by atoms with Crippen molar-refractivity contribution in [2.45, 2.75) is 45.4 Å². The number of nitrogens with zero attached hydrogens (tertiary/aromatic N) is 3. The predicted molar refractivity (Wildman–Crippen MR) is 162 cm³/mol. The number of carbonyl (C=O) groups is 2. The minimum absolute atomic E-state index is 0.560. The monoisotopic (exact) mass is 545 g/mol. The second-order valence-corrected chi connectivity index (χ2v) is 11.1. The fourth-order valence-electron chi connectivity index (χ4n) is 5.48. The fourth-order valence-corrected chi connectivity index (χ4v) is 6.50. The molecule has 0 aliphatic carbocycles. The highest BCUT2D eigenvalue weighted by Gasteiger charge is 2.26. The summed E-state index contributed by atoms with van der Waals surface area (Å²) in [5, 5.41) is 2.87. The first-order valence-corrected chi connectivity index (χ1v) is 14.8. The Hall–Kier alpha value is -3.23. The molecule has 0 saturated carbocycles. The van der Waals surface area contributed by atoms with Gasteiger partial charge in [0.2, 0.25) is 6.41 Å². The number of allylic oxidation sites excluding steroid dienone is 2. The minimum Gasteiger partial charge on any atom is -0.359 e. The van der Waals surface area contributed by atoms with E-state index in [1.165, 1.54) is 5.56 Å². The molecule has 39 heavy (non-hydrogen) atoms. The third-order valence-electron chi connectivity index (χ3n) is 7.78. The number of para-hydroxylation sites is 2. The van der Waals surface area contributed by atoms with Gasteiger partial charge in [-0.1, -0.05) is 43.3 Å². The van der Waals surface area contributed by atoms with Gasteiger partial charge in [0.1, 0.15) is 5.82 Å². The molecule has 1 unspecified atom stereocenters. The van der Waals surface area contributed by atoms with Gasteiger partial charge in [-0.3, -0.25) is 19.5 Å². The van der Waals surface area contributed by atoms with Crippen molar-refractivity contribution in [2.75, 3.05) is 25.5 Å². The van der Waals surface area contributed by atoms with Crippen LogP contribution < -0.4 is 5.32 Å². The van der Waals surface area contributed by atoms with Crippen LogP contribution in [0.5, 0.6) is 0 Å². The Morgan fingerprint density at radius 1 is 1.18 bits per heavy atom. The van der Waals surface area contributed by atoms with Crippen molar-refractivity contribution in [3.8, 4) is 11.4 Å². The number of likely N-dealkylation sites (tertiary alicyclic amines) is 1. The maximum Gasteiger partial charge on any atom is 0.207 e. The van der Waals surface area contributed by atoms with E-state index in [4.69, 9.17) is 4.98 Å². The van der Waals surface area contributed by atoms with E-state index in [0.29, 0.717) is 23.2 Å². The zero-order valence-electron chi connectivity index (χ0n) is 22.8. The Balaban J connectivity index is 1.31. The lowest BCUT2D eigenvalue weighted by Crippen LogP contribution is -2.36. The van der Waals surface area contributed by atoms with Crippen LogP contribution in [-0.2, 0) is 16.0 Å². The predicted octanol–water partition coefficient (Wildman–Crippen LogP) is 5.84. The van der Waals surface area contributed by atoms with E-state index in [-0.39, 0.29) is 0 Å². The lowest BCUT2D eigenvalue weighted by Gasteiger charge is -2.36. The van der Waals surface area contributed by atoms with Gasteiger partial charge in [-0.15, -0.1) is 11.8 Å². The largest absolute Gasteiger partial charge is 0.359 e. The summed E-state index contributed by atoms with van der Waals surface area (Å²) in [6.45, 7) is 8.36. The third kappa shape index (κ3) is 7.90. The Bertz CT molecular complexity index is 1230. The van der Waals surface area contributed by atoms with Crippen LogP contribution in [0.3, 0.4) is 0 Å². The zero-order chi connectivity index (χ0) is 27.5. The molecular weight excluding hydrogens is 506 g/mol. The van der Waals surface area contributed by atoms with Crippen LogP contribution in [0.1, 0.15) is 44.6 Å². The van der Waals surface area contributed by atoms with Gasteiger partial charge in [0.15, 0.2) is 6.29 Å². The van der Waals surface area contributed by atoms with E-state index in [2.05, 4.69) is 51.2 Å². The molecule has 1 atom stereocenters. The van der Waals surface area contributed by atoms with Crippen molar-refractivity contribution >= 4 is 42.2 Å². The number of aromatic nitrogens is 2. The van der Waals surface area contributed by atoms with Crippen molar-refractivity contribution in [3.63, 3.8) is 0 Å². The molecule has 1 saturated heterocycles. The number of nitrogens with one attached hydrogen (secondary N) is 2. The number of aryl methyl sites for hydroxylation is 1. The lowest BCUT2D eigenvalue weighted by molar-refractivity contribution is -0.109. The number of carbonyl (C=O) groups excluding carboxylic acids is 2. The van der Waals surface area contributed by atoms with Crippen molar-refractivity contribution < 1.29 is 9.59 Å². The number of hydrogen-bond donors (Lipinski definition) is 2. The number of aromatic amines is 1. The van der Waals surface area contributed by atoms with Gasteiger partial charge in [0.05, 0.1) is 21.6 Å². The maximum atomic E-state index is 11.5. The molecule has 1 aliphatic rings. The first-order chi connectivity index (χ1) is 19.1. The summed E-state index contributed by atoms with van der Waals surface area (Å²) in [5.41, 5.74) is 5.22. The molecule has 1 fully saturated rings. The molecule has 2 aromatic carbocycles. The first kappa shape index (κ1) is 28.8. The molecule has 7 nitrogen and oxygen atoms in total. The number of H-pyrrole nitrogens is 1.